The molecule has 2 N–H and O–H groups in total. The van der Waals surface area contributed by atoms with E-state index in [1.165, 1.54) is 5.56 Å². The molecule has 0 spiro atoms. The van der Waals surface area contributed by atoms with E-state index in [0.29, 0.717) is 12.6 Å². The summed E-state index contributed by atoms with van der Waals surface area (Å²) >= 11 is 0. The molecule has 0 bridgehead atoms. The zero-order valence-electron chi connectivity index (χ0n) is 14.7. The summed E-state index contributed by atoms with van der Waals surface area (Å²) in [6.07, 6.45) is 1.87. The van der Waals surface area contributed by atoms with E-state index in [2.05, 4.69) is 30.5 Å². The summed E-state index contributed by atoms with van der Waals surface area (Å²) in [5, 5.41) is 0. The van der Waals surface area contributed by atoms with E-state index in [0.717, 1.165) is 6.54 Å². The first-order valence-corrected chi connectivity index (χ1v) is 9.76. The van der Waals surface area contributed by atoms with Gasteiger partial charge in [0.25, 0.3) is 0 Å². The maximum absolute atomic E-state index is 6.03. The molecule has 0 saturated heterocycles. The molecule has 23 heavy (non-hydrogen) atoms. The number of hydrogen-bond acceptors (Lipinski definition) is 5. The first-order valence-electron chi connectivity index (χ1n) is 7.83. The van der Waals surface area contributed by atoms with Gasteiger partial charge in [-0.25, -0.2) is 0 Å². The Hall–Kier alpha value is -1.18. The van der Waals surface area contributed by atoms with Crippen molar-refractivity contribution < 1.29 is 13.3 Å². The van der Waals surface area contributed by atoms with E-state index in [-0.39, 0.29) is 12.0 Å². The van der Waals surface area contributed by atoms with Gasteiger partial charge in [-0.05, 0) is 31.1 Å². The van der Waals surface area contributed by atoms with E-state index in [1.807, 2.05) is 24.4 Å². The molecular weight excluding hydrogens is 308 g/mol. The maximum atomic E-state index is 6.03. The van der Waals surface area contributed by atoms with Crippen LogP contribution in [0.4, 0.5) is 0 Å². The monoisotopic (exact) mass is 338 g/mol. The predicted octanol–water partition coefficient (Wildman–Crippen LogP) is 2.47. The van der Waals surface area contributed by atoms with Crippen LogP contribution in [0.3, 0.4) is 0 Å². The minimum absolute atomic E-state index is 0.184. The topological polar surface area (TPSA) is 57.0 Å². The highest BCUT2D eigenvalue weighted by molar-refractivity contribution is 6.60. The highest BCUT2D eigenvalue weighted by atomic mass is 28.4. The van der Waals surface area contributed by atoms with Crippen LogP contribution in [0.5, 0.6) is 0 Å². The van der Waals surface area contributed by atoms with Crippen LogP contribution in [0.15, 0.2) is 43.1 Å². The van der Waals surface area contributed by atoms with Gasteiger partial charge in [-0.1, -0.05) is 36.9 Å². The summed E-state index contributed by atoms with van der Waals surface area (Å²) in [5.74, 6) is 0.184. The third-order valence-corrected chi connectivity index (χ3v) is 7.29. The van der Waals surface area contributed by atoms with Crippen LogP contribution >= 0.6 is 0 Å². The molecule has 0 aliphatic rings. The molecule has 0 radical (unpaired) electrons. The first-order chi connectivity index (χ1) is 11.1. The van der Waals surface area contributed by atoms with Crippen LogP contribution in [0.2, 0.25) is 6.04 Å². The number of hydrogen-bond donors (Lipinski definition) is 1. The number of nitrogens with zero attached hydrogens (tertiary/aromatic N) is 1. The van der Waals surface area contributed by atoms with Crippen molar-refractivity contribution in [2.75, 3.05) is 27.9 Å². The van der Waals surface area contributed by atoms with E-state index in [1.54, 1.807) is 21.3 Å². The molecule has 130 valence electrons. The van der Waals surface area contributed by atoms with E-state index in [9.17, 15) is 0 Å². The third kappa shape index (κ3) is 5.44. The van der Waals surface area contributed by atoms with Crippen molar-refractivity contribution in [1.29, 1.82) is 0 Å². The van der Waals surface area contributed by atoms with Crippen molar-refractivity contribution >= 4 is 8.80 Å². The molecule has 1 aromatic rings. The Morgan fingerprint density at radius 2 is 1.74 bits per heavy atom. The third-order valence-electron chi connectivity index (χ3n) is 4.40. The quantitative estimate of drug-likeness (QED) is 0.628. The molecule has 1 rings (SSSR count). The van der Waals surface area contributed by atoms with Crippen LogP contribution in [-0.2, 0) is 19.8 Å². The molecule has 2 atom stereocenters. The lowest BCUT2D eigenvalue weighted by molar-refractivity contribution is 0.109. The second-order valence-corrected chi connectivity index (χ2v) is 8.58. The van der Waals surface area contributed by atoms with Gasteiger partial charge in [0.05, 0.1) is 0 Å². The molecule has 0 heterocycles. The highest BCUT2D eigenvalue weighted by Gasteiger charge is 2.42. The van der Waals surface area contributed by atoms with Gasteiger partial charge in [0.2, 0.25) is 0 Å². The summed E-state index contributed by atoms with van der Waals surface area (Å²) in [4.78, 5) is 2.20. The lowest BCUT2D eigenvalue weighted by Crippen LogP contribution is -2.49. The summed E-state index contributed by atoms with van der Waals surface area (Å²) in [6, 6.07) is 11.2. The van der Waals surface area contributed by atoms with Gasteiger partial charge in [-0.15, -0.1) is 0 Å². The zero-order valence-corrected chi connectivity index (χ0v) is 15.7. The second kappa shape index (κ2) is 9.84. The lowest BCUT2D eigenvalue weighted by atomic mass is 10.0. The molecule has 0 aliphatic heterocycles. The standard InChI is InChI=1S/C17H30N2O3Si/c1-6-19(13-16-10-8-7-9-11-16)15(2)17(12-18)14-23(20-3,21-4)22-5/h6-11,15,17H,1,12-14,18H2,2-5H3. The average molecular weight is 339 g/mol. The molecule has 0 amide bonds. The van der Waals surface area contributed by atoms with Crippen LogP contribution in [0.25, 0.3) is 0 Å². The minimum Gasteiger partial charge on any atom is -0.377 e. The van der Waals surface area contributed by atoms with Crippen molar-refractivity contribution in [1.82, 2.24) is 4.90 Å². The highest BCUT2D eigenvalue weighted by Crippen LogP contribution is 2.25. The predicted molar refractivity (Wildman–Crippen MR) is 95.8 cm³/mol. The van der Waals surface area contributed by atoms with Crippen LogP contribution in [-0.4, -0.2) is 47.6 Å². The zero-order chi connectivity index (χ0) is 17.3. The Bertz CT molecular complexity index is 446. The van der Waals surface area contributed by atoms with Crippen molar-refractivity contribution in [3.05, 3.63) is 48.7 Å². The second-order valence-electron chi connectivity index (χ2n) is 5.58. The molecule has 0 saturated carbocycles. The van der Waals surface area contributed by atoms with E-state index < -0.39 is 8.80 Å². The Morgan fingerprint density at radius 3 is 2.17 bits per heavy atom. The van der Waals surface area contributed by atoms with Gasteiger partial charge in [-0.3, -0.25) is 0 Å². The van der Waals surface area contributed by atoms with Gasteiger partial charge in [-0.2, -0.15) is 0 Å². The Morgan fingerprint density at radius 1 is 1.17 bits per heavy atom. The normalized spacial score (nSPS) is 14.3. The fraction of sp³-hybridized carbons (Fsp3) is 0.529. The van der Waals surface area contributed by atoms with Crippen LogP contribution in [0.1, 0.15) is 12.5 Å². The number of benzene rings is 1. The van der Waals surface area contributed by atoms with Gasteiger partial charge < -0.3 is 23.9 Å². The van der Waals surface area contributed by atoms with Gasteiger partial charge >= 0.3 is 8.80 Å². The average Bonchev–Trinajstić information content (AvgIpc) is 2.62. The lowest BCUT2D eigenvalue weighted by Gasteiger charge is -2.36. The Balaban J connectivity index is 2.83. The van der Waals surface area contributed by atoms with Gasteiger partial charge in [0.15, 0.2) is 0 Å². The van der Waals surface area contributed by atoms with Crippen molar-refractivity contribution in [3.8, 4) is 0 Å². The fourth-order valence-electron chi connectivity index (χ4n) is 2.71. The van der Waals surface area contributed by atoms with E-state index in [4.69, 9.17) is 19.0 Å². The van der Waals surface area contributed by atoms with Crippen molar-refractivity contribution in [2.45, 2.75) is 25.6 Å². The number of nitrogens with two attached hydrogens (primary N) is 1. The minimum atomic E-state index is -2.66. The van der Waals surface area contributed by atoms with Gasteiger partial charge in [0, 0.05) is 40.0 Å². The molecule has 1 aromatic carbocycles. The Kier molecular flexibility index (Phi) is 8.50. The molecule has 0 fully saturated rings. The molecular formula is C17H30N2O3Si. The largest absolute Gasteiger partial charge is 0.500 e. The van der Waals surface area contributed by atoms with Crippen molar-refractivity contribution in [3.63, 3.8) is 0 Å². The molecule has 0 aromatic heterocycles. The van der Waals surface area contributed by atoms with Gasteiger partial charge in [0.1, 0.15) is 0 Å². The molecule has 6 heteroatoms. The van der Waals surface area contributed by atoms with Crippen LogP contribution in [0, 0.1) is 5.92 Å². The SMILES string of the molecule is C=CN(Cc1ccccc1)C(C)C(CN)C[Si](OC)(OC)OC. The summed E-state index contributed by atoms with van der Waals surface area (Å²) in [7, 11) is 2.24. The smallest absolute Gasteiger partial charge is 0.377 e. The summed E-state index contributed by atoms with van der Waals surface area (Å²) < 4.78 is 16.6. The van der Waals surface area contributed by atoms with E-state index >= 15 is 0 Å². The van der Waals surface area contributed by atoms with Crippen molar-refractivity contribution in [2.24, 2.45) is 11.7 Å². The maximum Gasteiger partial charge on any atom is 0.500 e. The number of rotatable bonds is 11. The molecule has 2 unspecified atom stereocenters. The molecule has 5 nitrogen and oxygen atoms in total. The fourth-order valence-corrected chi connectivity index (χ4v) is 4.86. The first kappa shape index (κ1) is 19.9. The summed E-state index contributed by atoms with van der Waals surface area (Å²) in [6.45, 7) is 7.44. The summed E-state index contributed by atoms with van der Waals surface area (Å²) in [5.41, 5.74) is 7.27. The van der Waals surface area contributed by atoms with Crippen LogP contribution < -0.4 is 5.73 Å². The Labute approximate surface area is 141 Å². The molecule has 0 aliphatic carbocycles.